The van der Waals surface area contributed by atoms with Gasteiger partial charge in [0.05, 0.1) is 23.2 Å². The van der Waals surface area contributed by atoms with Gasteiger partial charge in [-0.1, -0.05) is 6.07 Å². The molecule has 2 aromatic rings. The molecule has 2 unspecified atom stereocenters. The van der Waals surface area contributed by atoms with E-state index in [1.54, 1.807) is 7.11 Å². The smallest absolute Gasteiger partial charge is 0.238 e. The van der Waals surface area contributed by atoms with E-state index in [1.807, 2.05) is 0 Å². The molecular weight excluding hydrogens is 557 g/mol. The van der Waals surface area contributed by atoms with E-state index in [4.69, 9.17) is 10.5 Å². The zero-order chi connectivity index (χ0) is 27.1. The Morgan fingerprint density at radius 2 is 1.79 bits per heavy atom. The molecule has 8 N–H and O–H groups in total. The van der Waals surface area contributed by atoms with Gasteiger partial charge in [-0.3, -0.25) is 19.2 Å². The number of carbonyl (C=O) groups excluding carboxylic acids is 4. The van der Waals surface area contributed by atoms with Crippen LogP contribution in [0.15, 0.2) is 35.6 Å². The van der Waals surface area contributed by atoms with Crippen LogP contribution in [0.1, 0.15) is 22.3 Å². The number of aliphatic hydroxyl groups excluding tert-OH is 1. The lowest BCUT2D eigenvalue weighted by Gasteiger charge is -2.36. The van der Waals surface area contributed by atoms with Crippen LogP contribution in [0.3, 0.4) is 0 Å². The highest BCUT2D eigenvalue weighted by molar-refractivity contribution is 6.30. The van der Waals surface area contributed by atoms with Gasteiger partial charge in [0, 0.05) is 19.3 Å². The van der Waals surface area contributed by atoms with Gasteiger partial charge in [-0.05, 0) is 48.2 Å². The molecule has 4 rings (SSSR count). The molecule has 0 saturated heterocycles. The van der Waals surface area contributed by atoms with E-state index in [9.17, 15) is 39.6 Å². The van der Waals surface area contributed by atoms with Crippen LogP contribution in [0.4, 0.5) is 5.69 Å². The number of halogens is 2. The number of aromatic hydroxyl groups is 2. The molecule has 2 atom stereocenters. The number of phenolic OH excluding ortho intramolecular Hbond substituents is 2. The molecule has 0 saturated carbocycles. The first kappa shape index (κ1) is 31.5. The minimum absolute atomic E-state index is 0. The van der Waals surface area contributed by atoms with Crippen LogP contribution in [0.5, 0.6) is 11.5 Å². The largest absolute Gasteiger partial charge is 0.511 e. The molecule has 12 nitrogen and oxygen atoms in total. The summed E-state index contributed by atoms with van der Waals surface area (Å²) in [6.45, 7) is 1.00. The van der Waals surface area contributed by atoms with Crippen LogP contribution in [-0.4, -0.2) is 76.2 Å². The van der Waals surface area contributed by atoms with Crippen LogP contribution in [-0.2, 0) is 19.1 Å². The molecule has 2 aliphatic rings. The average Bonchev–Trinajstić information content (AvgIpc) is 2.82. The number of benzene rings is 2. The van der Waals surface area contributed by atoms with Crippen molar-refractivity contribution in [3.05, 3.63) is 46.7 Å². The lowest BCUT2D eigenvalue weighted by Crippen LogP contribution is -2.56. The van der Waals surface area contributed by atoms with Gasteiger partial charge in [-0.25, -0.2) is 0 Å². The second kappa shape index (κ2) is 12.0. The number of ketones is 2. The van der Waals surface area contributed by atoms with E-state index >= 15 is 0 Å². The van der Waals surface area contributed by atoms with Gasteiger partial charge in [0.15, 0.2) is 17.5 Å². The van der Waals surface area contributed by atoms with Crippen molar-refractivity contribution in [1.82, 2.24) is 5.32 Å². The van der Waals surface area contributed by atoms with Crippen molar-refractivity contribution in [2.45, 2.75) is 12.0 Å². The summed E-state index contributed by atoms with van der Waals surface area (Å²) in [5, 5.41) is 48.6. The first-order valence-corrected chi connectivity index (χ1v) is 11.3. The number of Topliss-reactive ketones (excluding diaryl/α,β-unsaturated/α-hetero) is 2. The van der Waals surface area contributed by atoms with Gasteiger partial charge in [-0.2, -0.15) is 0 Å². The predicted molar refractivity (Wildman–Crippen MR) is 145 cm³/mol. The van der Waals surface area contributed by atoms with E-state index < -0.39 is 57.7 Å². The fourth-order valence-electron chi connectivity index (χ4n) is 4.51. The number of nitrogens with two attached hydrogens (primary N) is 1. The first-order chi connectivity index (χ1) is 17.5. The molecule has 0 aliphatic heterocycles. The van der Waals surface area contributed by atoms with E-state index in [0.717, 1.165) is 6.08 Å². The van der Waals surface area contributed by atoms with Crippen molar-refractivity contribution in [3.63, 3.8) is 0 Å². The Morgan fingerprint density at radius 3 is 2.44 bits per heavy atom. The highest BCUT2D eigenvalue weighted by Crippen LogP contribution is 2.47. The molecule has 0 heterocycles. The monoisotopic (exact) mass is 583 g/mol. The number of amides is 2. The SMILES string of the molecule is COCCCNCC(=O)Nc1ccc2cc3c(c(O)c2c1O)C(=O)C1(O)C(=O)C(C(N)=O)C(O)=CC1=C3.Cl.Cl. The molecule has 0 aromatic heterocycles. The second-order valence-electron chi connectivity index (χ2n) is 8.73. The third-order valence-corrected chi connectivity index (χ3v) is 6.33. The van der Waals surface area contributed by atoms with Crippen LogP contribution >= 0.6 is 24.8 Å². The maximum Gasteiger partial charge on any atom is 0.238 e. The number of ether oxygens (including phenoxy) is 1. The second-order valence-corrected chi connectivity index (χ2v) is 8.73. The Labute approximate surface area is 234 Å². The number of aliphatic hydroxyl groups is 2. The Morgan fingerprint density at radius 1 is 1.10 bits per heavy atom. The normalized spacial score (nSPS) is 19.6. The Hall–Kier alpha value is -3.68. The van der Waals surface area contributed by atoms with Crippen LogP contribution in [0.25, 0.3) is 16.8 Å². The number of nitrogens with one attached hydrogen (secondary N) is 2. The number of anilines is 1. The van der Waals surface area contributed by atoms with Crippen molar-refractivity contribution in [2.75, 3.05) is 32.1 Å². The summed E-state index contributed by atoms with van der Waals surface area (Å²) in [5.41, 5.74) is 1.56. The van der Waals surface area contributed by atoms with Crippen molar-refractivity contribution in [3.8, 4) is 11.5 Å². The third-order valence-electron chi connectivity index (χ3n) is 6.33. The number of hydrogen-bond acceptors (Lipinski definition) is 10. The van der Waals surface area contributed by atoms with E-state index in [0.29, 0.717) is 19.6 Å². The molecule has 210 valence electrons. The number of primary amides is 1. The fraction of sp³-hybridized carbons (Fsp3) is 0.280. The minimum Gasteiger partial charge on any atom is -0.511 e. The number of fused-ring (bicyclic) bond motifs is 3. The number of methoxy groups -OCH3 is 1. The molecule has 0 spiro atoms. The summed E-state index contributed by atoms with van der Waals surface area (Å²) in [5.74, 6) is -8.30. The highest BCUT2D eigenvalue weighted by Gasteiger charge is 2.57. The van der Waals surface area contributed by atoms with Crippen molar-refractivity contribution in [2.24, 2.45) is 11.7 Å². The zero-order valence-electron chi connectivity index (χ0n) is 20.5. The predicted octanol–water partition coefficient (Wildman–Crippen LogP) is 1.10. The molecule has 2 aromatic carbocycles. The summed E-state index contributed by atoms with van der Waals surface area (Å²) >= 11 is 0. The van der Waals surface area contributed by atoms with E-state index in [-0.39, 0.29) is 59.0 Å². The van der Waals surface area contributed by atoms with Gasteiger partial charge < -0.3 is 41.5 Å². The number of carbonyl (C=O) groups is 4. The average molecular weight is 584 g/mol. The fourth-order valence-corrected chi connectivity index (χ4v) is 4.51. The highest BCUT2D eigenvalue weighted by atomic mass is 35.5. The van der Waals surface area contributed by atoms with Crippen molar-refractivity contribution in [1.29, 1.82) is 0 Å². The van der Waals surface area contributed by atoms with Crippen LogP contribution in [0.2, 0.25) is 0 Å². The number of hydrogen-bond donors (Lipinski definition) is 7. The quantitative estimate of drug-likeness (QED) is 0.133. The van der Waals surface area contributed by atoms with Crippen molar-refractivity contribution < 1.29 is 44.3 Å². The molecule has 0 bridgehead atoms. The first-order valence-electron chi connectivity index (χ1n) is 11.3. The Kier molecular flexibility index (Phi) is 9.71. The zero-order valence-corrected chi connectivity index (χ0v) is 22.1. The number of rotatable bonds is 8. The third kappa shape index (κ3) is 5.29. The summed E-state index contributed by atoms with van der Waals surface area (Å²) < 4.78 is 4.93. The Bertz CT molecular complexity index is 1420. The Balaban J connectivity index is 0.00000267. The van der Waals surface area contributed by atoms with Crippen molar-refractivity contribution >= 4 is 70.7 Å². The summed E-state index contributed by atoms with van der Waals surface area (Å²) in [6, 6.07) is 4.32. The van der Waals surface area contributed by atoms with Gasteiger partial charge in [0.25, 0.3) is 0 Å². The maximum absolute atomic E-state index is 13.4. The van der Waals surface area contributed by atoms with Crippen LogP contribution < -0.4 is 16.4 Å². The number of phenols is 2. The lowest BCUT2D eigenvalue weighted by molar-refractivity contribution is -0.140. The standard InChI is InChI=1S/C25H25N3O9.2ClH/c1-37-6-2-5-27-10-16(30)28-14-4-3-11-7-12-8-13-9-15(29)19(24(26)35)23(34)25(13,36)22(33)18(12)21(32)17(11)20(14)31;;/h3-4,7-9,19,27,29,31-32,36H,2,5-6,10H2,1H3,(H2,26,35)(H,28,30);2*1H. The molecule has 0 radical (unpaired) electrons. The maximum atomic E-state index is 13.4. The molecule has 2 amide bonds. The van der Waals surface area contributed by atoms with Gasteiger partial charge in [0.2, 0.25) is 23.2 Å². The summed E-state index contributed by atoms with van der Waals surface area (Å²) in [4.78, 5) is 50.3. The summed E-state index contributed by atoms with van der Waals surface area (Å²) in [7, 11) is 1.57. The molecule has 39 heavy (non-hydrogen) atoms. The van der Waals surface area contributed by atoms with Gasteiger partial charge >= 0.3 is 0 Å². The molecule has 2 aliphatic carbocycles. The van der Waals surface area contributed by atoms with Gasteiger partial charge in [-0.15, -0.1) is 24.8 Å². The molecule has 0 fully saturated rings. The minimum atomic E-state index is -2.89. The molecular formula is C25H27Cl2N3O9. The van der Waals surface area contributed by atoms with Gasteiger partial charge in [0.1, 0.15) is 11.5 Å². The topological polar surface area (TPSA) is 209 Å². The molecule has 14 heteroatoms. The van der Waals surface area contributed by atoms with E-state index in [1.165, 1.54) is 24.3 Å². The van der Waals surface area contributed by atoms with E-state index in [2.05, 4.69) is 10.6 Å². The lowest BCUT2D eigenvalue weighted by atomic mass is 9.68. The summed E-state index contributed by atoms with van der Waals surface area (Å²) in [6.07, 6.45) is 2.82. The van der Waals surface area contributed by atoms with Crippen LogP contribution in [0, 0.1) is 5.92 Å².